The van der Waals surface area contributed by atoms with Crippen LogP contribution in [0.2, 0.25) is 0 Å². The summed E-state index contributed by atoms with van der Waals surface area (Å²) in [6.07, 6.45) is -0.428. The van der Waals surface area contributed by atoms with Gasteiger partial charge in [-0.25, -0.2) is 5.06 Å². The van der Waals surface area contributed by atoms with Crippen molar-refractivity contribution in [2.24, 2.45) is 0 Å². The van der Waals surface area contributed by atoms with E-state index >= 15 is 0 Å². The maximum absolute atomic E-state index is 10.2. The Morgan fingerprint density at radius 3 is 2.53 bits per heavy atom. The van der Waals surface area contributed by atoms with Gasteiger partial charge in [-0.15, -0.1) is 0 Å². The number of amidine groups is 1. The minimum Gasteiger partial charge on any atom is -0.359 e. The minimum atomic E-state index is -0.428. The monoisotopic (exact) mass is 253 g/mol. The third-order valence-electron chi connectivity index (χ3n) is 3.34. The Morgan fingerprint density at radius 1 is 1.11 bits per heavy atom. The number of para-hydroxylation sites is 1. The first-order chi connectivity index (χ1) is 9.16. The van der Waals surface area contributed by atoms with Gasteiger partial charge < -0.3 is 5.32 Å². The Hall–Kier alpha value is -2.33. The van der Waals surface area contributed by atoms with E-state index in [0.717, 1.165) is 16.3 Å². The van der Waals surface area contributed by atoms with Gasteiger partial charge in [0.25, 0.3) is 0 Å². The summed E-state index contributed by atoms with van der Waals surface area (Å²) in [7, 11) is 0. The molecule has 1 heterocycles. The molecule has 0 spiro atoms. The summed E-state index contributed by atoms with van der Waals surface area (Å²) in [4.78, 5) is 0. The Kier molecular flexibility index (Phi) is 2.72. The molecule has 3 N–H and O–H groups in total. The summed E-state index contributed by atoms with van der Waals surface area (Å²) in [6, 6.07) is 15.4. The number of hydroxylamine groups is 2. The van der Waals surface area contributed by atoms with Crippen LogP contribution in [0.4, 0.5) is 5.69 Å². The number of rotatable bonds is 1. The highest BCUT2D eigenvalue weighted by Gasteiger charge is 2.29. The van der Waals surface area contributed by atoms with Gasteiger partial charge in [0, 0.05) is 11.3 Å². The van der Waals surface area contributed by atoms with Crippen LogP contribution in [0.15, 0.2) is 48.5 Å². The molecule has 0 aliphatic carbocycles. The van der Waals surface area contributed by atoms with Gasteiger partial charge in [-0.2, -0.15) is 0 Å². The molecule has 1 aliphatic rings. The summed E-state index contributed by atoms with van der Waals surface area (Å²) >= 11 is 0. The third-order valence-corrected chi connectivity index (χ3v) is 3.34. The highest BCUT2D eigenvalue weighted by molar-refractivity contribution is 6.02. The quantitative estimate of drug-likeness (QED) is 0.731. The average molecular weight is 253 g/mol. The zero-order valence-corrected chi connectivity index (χ0v) is 10.6. The van der Waals surface area contributed by atoms with E-state index in [9.17, 15) is 5.21 Å². The molecule has 0 aromatic heterocycles. The molecule has 0 amide bonds. The first-order valence-corrected chi connectivity index (χ1v) is 6.16. The van der Waals surface area contributed by atoms with Gasteiger partial charge in [0.15, 0.2) is 12.0 Å². The Balaban J connectivity index is 2.01. The predicted molar refractivity (Wildman–Crippen MR) is 74.4 cm³/mol. The normalized spacial score (nSPS) is 17.9. The number of hydrogen-bond donors (Lipinski definition) is 3. The number of benzene rings is 2. The Labute approximate surface area is 111 Å². The van der Waals surface area contributed by atoms with Gasteiger partial charge in [-0.05, 0) is 24.6 Å². The molecule has 4 nitrogen and oxygen atoms in total. The Bertz CT molecular complexity index is 622. The maximum Gasteiger partial charge on any atom is 0.157 e. The number of fused-ring (bicyclic) bond motifs is 1. The number of aryl methyl sites for hydroxylation is 1. The van der Waals surface area contributed by atoms with Gasteiger partial charge >= 0.3 is 0 Å². The maximum atomic E-state index is 10.2. The van der Waals surface area contributed by atoms with E-state index < -0.39 is 6.17 Å². The number of anilines is 1. The van der Waals surface area contributed by atoms with Crippen molar-refractivity contribution in [3.05, 3.63) is 65.2 Å². The SMILES string of the molecule is Cc1ccc(C2Nc3ccccc3C(=N)N2O)cc1. The van der Waals surface area contributed by atoms with Gasteiger partial charge in [-0.3, -0.25) is 10.6 Å². The van der Waals surface area contributed by atoms with Crippen molar-refractivity contribution in [2.45, 2.75) is 13.1 Å². The van der Waals surface area contributed by atoms with Crippen LogP contribution in [-0.4, -0.2) is 16.1 Å². The molecule has 4 heteroatoms. The third kappa shape index (κ3) is 1.96. The predicted octanol–water partition coefficient (Wildman–Crippen LogP) is 3.14. The van der Waals surface area contributed by atoms with Gasteiger partial charge in [0.1, 0.15) is 0 Å². The molecule has 96 valence electrons. The van der Waals surface area contributed by atoms with Crippen LogP contribution in [0.5, 0.6) is 0 Å². The van der Waals surface area contributed by atoms with E-state index in [1.54, 1.807) is 0 Å². The van der Waals surface area contributed by atoms with Gasteiger partial charge in [0.05, 0.1) is 0 Å². The highest BCUT2D eigenvalue weighted by atomic mass is 16.5. The average Bonchev–Trinajstić information content (AvgIpc) is 2.44. The molecule has 2 aromatic rings. The summed E-state index contributed by atoms with van der Waals surface area (Å²) in [5, 5.41) is 22.4. The van der Waals surface area contributed by atoms with Crippen LogP contribution in [0, 0.1) is 12.3 Å². The van der Waals surface area contributed by atoms with Crippen LogP contribution in [0.25, 0.3) is 0 Å². The molecule has 1 unspecified atom stereocenters. The highest BCUT2D eigenvalue weighted by Crippen LogP contribution is 2.31. The molecule has 0 saturated heterocycles. The fraction of sp³-hybridized carbons (Fsp3) is 0.133. The van der Waals surface area contributed by atoms with Crippen molar-refractivity contribution in [3.63, 3.8) is 0 Å². The second-order valence-corrected chi connectivity index (χ2v) is 4.70. The number of hydrogen-bond acceptors (Lipinski definition) is 3. The second-order valence-electron chi connectivity index (χ2n) is 4.70. The van der Waals surface area contributed by atoms with Crippen LogP contribution in [0.1, 0.15) is 22.9 Å². The first-order valence-electron chi connectivity index (χ1n) is 6.16. The van der Waals surface area contributed by atoms with Crippen LogP contribution < -0.4 is 5.32 Å². The molecule has 0 radical (unpaired) electrons. The van der Waals surface area contributed by atoms with E-state index in [2.05, 4.69) is 5.32 Å². The van der Waals surface area contributed by atoms with E-state index in [4.69, 9.17) is 5.41 Å². The fourth-order valence-corrected chi connectivity index (χ4v) is 2.25. The molecule has 2 aromatic carbocycles. The molecule has 1 aliphatic heterocycles. The van der Waals surface area contributed by atoms with Crippen LogP contribution >= 0.6 is 0 Å². The molecule has 0 saturated carbocycles. The van der Waals surface area contributed by atoms with Crippen LogP contribution in [-0.2, 0) is 0 Å². The molecule has 0 fully saturated rings. The summed E-state index contributed by atoms with van der Waals surface area (Å²) in [5.41, 5.74) is 3.66. The zero-order valence-electron chi connectivity index (χ0n) is 10.6. The van der Waals surface area contributed by atoms with Crippen molar-refractivity contribution >= 4 is 11.5 Å². The first kappa shape index (κ1) is 11.7. The molecular formula is C15H15N3O. The lowest BCUT2D eigenvalue weighted by Crippen LogP contribution is -2.40. The van der Waals surface area contributed by atoms with Crippen molar-refractivity contribution in [1.29, 1.82) is 5.41 Å². The van der Waals surface area contributed by atoms with Crippen LogP contribution in [0.3, 0.4) is 0 Å². The molecule has 0 bridgehead atoms. The van der Waals surface area contributed by atoms with Gasteiger partial charge in [0.2, 0.25) is 0 Å². The molecule has 3 rings (SSSR count). The van der Waals surface area contributed by atoms with Crippen molar-refractivity contribution < 1.29 is 5.21 Å². The number of nitrogens with one attached hydrogen (secondary N) is 2. The van der Waals surface area contributed by atoms with Crippen molar-refractivity contribution in [2.75, 3.05) is 5.32 Å². The number of nitrogens with zero attached hydrogens (tertiary/aromatic N) is 1. The summed E-state index contributed by atoms with van der Waals surface area (Å²) < 4.78 is 0. The largest absolute Gasteiger partial charge is 0.359 e. The van der Waals surface area contributed by atoms with Crippen molar-refractivity contribution in [1.82, 2.24) is 5.06 Å². The fourth-order valence-electron chi connectivity index (χ4n) is 2.25. The van der Waals surface area contributed by atoms with Gasteiger partial charge in [-0.1, -0.05) is 42.0 Å². The van der Waals surface area contributed by atoms with E-state index in [1.165, 1.54) is 5.56 Å². The summed E-state index contributed by atoms with van der Waals surface area (Å²) in [5.74, 6) is 0.111. The topological polar surface area (TPSA) is 59.4 Å². The molecule has 1 atom stereocenters. The smallest absolute Gasteiger partial charge is 0.157 e. The standard InChI is InChI=1S/C15H15N3O/c1-10-6-8-11(9-7-10)15-17-13-5-3-2-4-12(13)14(16)18(15)19/h2-9,15-17,19H,1H3. The Morgan fingerprint density at radius 2 is 1.79 bits per heavy atom. The molecule has 19 heavy (non-hydrogen) atoms. The summed E-state index contributed by atoms with van der Waals surface area (Å²) in [6.45, 7) is 2.02. The second kappa shape index (κ2) is 4.40. The zero-order chi connectivity index (χ0) is 13.4. The lowest BCUT2D eigenvalue weighted by Gasteiger charge is -2.35. The van der Waals surface area contributed by atoms with Crippen molar-refractivity contribution in [3.8, 4) is 0 Å². The molecular weight excluding hydrogens is 238 g/mol. The van der Waals surface area contributed by atoms with E-state index in [-0.39, 0.29) is 5.84 Å². The minimum absolute atomic E-state index is 0.111. The lowest BCUT2D eigenvalue weighted by molar-refractivity contribution is -0.0481. The lowest BCUT2D eigenvalue weighted by atomic mass is 10.0. The van der Waals surface area contributed by atoms with E-state index in [0.29, 0.717) is 5.56 Å². The van der Waals surface area contributed by atoms with E-state index in [1.807, 2.05) is 55.5 Å².